The maximum atomic E-state index is 13.0. The van der Waals surface area contributed by atoms with Gasteiger partial charge >= 0.3 is 0 Å². The number of unbranched alkanes of at least 4 members (excludes halogenated alkanes) is 2. The van der Waals surface area contributed by atoms with Crippen molar-refractivity contribution in [3.05, 3.63) is 35.3 Å². The van der Waals surface area contributed by atoms with Gasteiger partial charge in [-0.15, -0.1) is 10.2 Å². The molecule has 9 heteroatoms. The van der Waals surface area contributed by atoms with Crippen LogP contribution in [-0.2, 0) is 20.8 Å². The minimum Gasteiger partial charge on any atom is -0.342 e. The molecule has 2 aromatic rings. The fraction of sp³-hybridized carbons (Fsp3) is 0.542. The van der Waals surface area contributed by atoms with Crippen LogP contribution in [0.1, 0.15) is 50.5 Å². The number of aromatic nitrogens is 2. The van der Waals surface area contributed by atoms with Crippen molar-refractivity contribution >= 4 is 39.9 Å². The maximum absolute atomic E-state index is 13.0. The first kappa shape index (κ1) is 23.4. The van der Waals surface area contributed by atoms with Crippen LogP contribution in [0.4, 0.5) is 10.8 Å². The highest BCUT2D eigenvalue weighted by molar-refractivity contribution is 7.15. The molecule has 1 aromatic carbocycles. The van der Waals surface area contributed by atoms with Crippen molar-refractivity contribution in [2.24, 2.45) is 11.8 Å². The summed E-state index contributed by atoms with van der Waals surface area (Å²) in [5.41, 5.74) is 0.832. The number of anilines is 2. The first-order valence-corrected chi connectivity index (χ1v) is 12.6. The summed E-state index contributed by atoms with van der Waals surface area (Å²) >= 11 is 1.44. The molecule has 1 atom stereocenters. The highest BCUT2D eigenvalue weighted by Gasteiger charge is 2.38. The monoisotopic (exact) mass is 469 g/mol. The van der Waals surface area contributed by atoms with E-state index in [9.17, 15) is 14.4 Å². The largest absolute Gasteiger partial charge is 0.342 e. The zero-order valence-corrected chi connectivity index (χ0v) is 19.9. The summed E-state index contributed by atoms with van der Waals surface area (Å²) in [4.78, 5) is 41.7. The van der Waals surface area contributed by atoms with Gasteiger partial charge in [-0.25, -0.2) is 0 Å². The fourth-order valence-electron chi connectivity index (χ4n) is 4.49. The van der Waals surface area contributed by atoms with Gasteiger partial charge in [0.15, 0.2) is 0 Å². The van der Waals surface area contributed by atoms with Crippen molar-refractivity contribution in [1.29, 1.82) is 0 Å². The number of amides is 3. The normalized spacial score (nSPS) is 19.2. The quantitative estimate of drug-likeness (QED) is 0.597. The lowest BCUT2D eigenvalue weighted by atomic mass is 9.94. The van der Waals surface area contributed by atoms with E-state index in [1.165, 1.54) is 11.3 Å². The predicted molar refractivity (Wildman–Crippen MR) is 128 cm³/mol. The second-order valence-corrected chi connectivity index (χ2v) is 9.85. The van der Waals surface area contributed by atoms with Crippen LogP contribution in [0.25, 0.3) is 0 Å². The Morgan fingerprint density at radius 3 is 2.58 bits per heavy atom. The third-order valence-electron chi connectivity index (χ3n) is 6.41. The van der Waals surface area contributed by atoms with Crippen LogP contribution in [0, 0.1) is 11.8 Å². The Hall–Kier alpha value is -2.81. The molecule has 3 heterocycles. The smallest absolute Gasteiger partial charge is 0.229 e. The van der Waals surface area contributed by atoms with Gasteiger partial charge in [-0.05, 0) is 31.4 Å². The predicted octanol–water partition coefficient (Wildman–Crippen LogP) is 3.50. The number of carbonyl (C=O) groups is 3. The van der Waals surface area contributed by atoms with Crippen LogP contribution >= 0.6 is 11.3 Å². The van der Waals surface area contributed by atoms with Gasteiger partial charge < -0.3 is 15.1 Å². The molecule has 2 aliphatic rings. The van der Waals surface area contributed by atoms with Crippen LogP contribution in [0.15, 0.2) is 30.3 Å². The lowest BCUT2D eigenvalue weighted by Crippen LogP contribution is -2.44. The average Bonchev–Trinajstić information content (AvgIpc) is 3.45. The van der Waals surface area contributed by atoms with Crippen LogP contribution in [0.2, 0.25) is 0 Å². The summed E-state index contributed by atoms with van der Waals surface area (Å²) < 4.78 is 0. The van der Waals surface area contributed by atoms with Crippen molar-refractivity contribution in [3.63, 3.8) is 0 Å². The number of likely N-dealkylation sites (tertiary alicyclic amines) is 1. The van der Waals surface area contributed by atoms with E-state index in [4.69, 9.17) is 0 Å². The van der Waals surface area contributed by atoms with Crippen molar-refractivity contribution in [2.45, 2.75) is 51.9 Å². The van der Waals surface area contributed by atoms with Crippen molar-refractivity contribution in [2.75, 3.05) is 29.9 Å². The van der Waals surface area contributed by atoms with Gasteiger partial charge in [0.1, 0.15) is 5.01 Å². The third-order valence-corrected chi connectivity index (χ3v) is 7.31. The molecular weight excluding hydrogens is 438 g/mol. The zero-order valence-electron chi connectivity index (χ0n) is 19.0. The molecule has 4 rings (SSSR count). The summed E-state index contributed by atoms with van der Waals surface area (Å²) in [6.07, 6.45) is 5.77. The molecule has 3 amide bonds. The SMILES string of the molecule is CCCCCc1nnc(NC(=O)C2CCN(C(=O)C3CC(=O)N(c4ccccc4)C3)CC2)s1. The molecule has 0 spiro atoms. The molecule has 0 bridgehead atoms. The summed E-state index contributed by atoms with van der Waals surface area (Å²) in [5.74, 6) is -0.519. The number of hydrogen-bond acceptors (Lipinski definition) is 6. The van der Waals surface area contributed by atoms with Crippen molar-refractivity contribution in [3.8, 4) is 0 Å². The number of carbonyl (C=O) groups excluding carboxylic acids is 3. The Balaban J connectivity index is 1.24. The Morgan fingerprint density at radius 2 is 1.85 bits per heavy atom. The Morgan fingerprint density at radius 1 is 1.09 bits per heavy atom. The summed E-state index contributed by atoms with van der Waals surface area (Å²) in [6, 6.07) is 9.47. The van der Waals surface area contributed by atoms with Gasteiger partial charge in [-0.3, -0.25) is 14.4 Å². The lowest BCUT2D eigenvalue weighted by molar-refractivity contribution is -0.138. The second kappa shape index (κ2) is 10.9. The number of nitrogens with zero attached hydrogens (tertiary/aromatic N) is 4. The molecule has 2 saturated heterocycles. The molecule has 1 aromatic heterocycles. The molecule has 1 N–H and O–H groups in total. The number of aryl methyl sites for hydroxylation is 1. The van der Waals surface area contributed by atoms with E-state index in [0.29, 0.717) is 37.6 Å². The van der Waals surface area contributed by atoms with Gasteiger partial charge in [-0.1, -0.05) is 49.3 Å². The van der Waals surface area contributed by atoms with Crippen molar-refractivity contribution < 1.29 is 14.4 Å². The van der Waals surface area contributed by atoms with Gasteiger partial charge in [0.25, 0.3) is 0 Å². The third kappa shape index (κ3) is 5.76. The van der Waals surface area contributed by atoms with Gasteiger partial charge in [-0.2, -0.15) is 0 Å². The Labute approximate surface area is 198 Å². The highest BCUT2D eigenvalue weighted by atomic mass is 32.1. The fourth-order valence-corrected chi connectivity index (χ4v) is 5.27. The van der Waals surface area contributed by atoms with Gasteiger partial charge in [0, 0.05) is 44.1 Å². The number of hydrogen-bond donors (Lipinski definition) is 1. The van der Waals surface area contributed by atoms with Crippen molar-refractivity contribution in [1.82, 2.24) is 15.1 Å². The Kier molecular flexibility index (Phi) is 7.69. The molecule has 1 unspecified atom stereocenters. The van der Waals surface area contributed by atoms with E-state index in [1.54, 1.807) is 4.90 Å². The van der Waals surface area contributed by atoms with Gasteiger partial charge in [0.05, 0.1) is 5.92 Å². The van der Waals surface area contributed by atoms with Crippen LogP contribution in [-0.4, -0.2) is 52.5 Å². The van der Waals surface area contributed by atoms with E-state index in [1.807, 2.05) is 35.2 Å². The zero-order chi connectivity index (χ0) is 23.2. The number of nitrogens with one attached hydrogen (secondary N) is 1. The molecule has 176 valence electrons. The first-order chi connectivity index (χ1) is 16.0. The molecule has 2 fully saturated rings. The number of piperidine rings is 1. The number of para-hydroxylation sites is 1. The molecule has 0 radical (unpaired) electrons. The summed E-state index contributed by atoms with van der Waals surface area (Å²) in [6.45, 7) is 3.65. The molecule has 8 nitrogen and oxygen atoms in total. The summed E-state index contributed by atoms with van der Waals surface area (Å²) in [5, 5.41) is 12.7. The highest BCUT2D eigenvalue weighted by Crippen LogP contribution is 2.28. The Bertz CT molecular complexity index is 971. The maximum Gasteiger partial charge on any atom is 0.229 e. The molecular formula is C24H31N5O3S. The standard InChI is InChI=1S/C24H31N5O3S/c1-2-3-5-10-20-26-27-24(33-20)25-22(31)17-11-13-28(14-12-17)23(32)18-15-21(30)29(16-18)19-8-6-4-7-9-19/h4,6-9,17-18H,2-3,5,10-16H2,1H3,(H,25,27,31). The van der Waals surface area contributed by atoms with Crippen LogP contribution < -0.4 is 10.2 Å². The molecule has 33 heavy (non-hydrogen) atoms. The van der Waals surface area contributed by atoms with Crippen LogP contribution in [0.5, 0.6) is 0 Å². The number of benzene rings is 1. The lowest BCUT2D eigenvalue weighted by Gasteiger charge is -2.32. The average molecular weight is 470 g/mol. The first-order valence-electron chi connectivity index (χ1n) is 11.8. The summed E-state index contributed by atoms with van der Waals surface area (Å²) in [7, 11) is 0. The number of rotatable bonds is 8. The topological polar surface area (TPSA) is 95.5 Å². The van der Waals surface area contributed by atoms with E-state index < -0.39 is 0 Å². The molecule has 2 aliphatic heterocycles. The molecule has 0 saturated carbocycles. The van der Waals surface area contributed by atoms with E-state index in [-0.39, 0.29) is 36.0 Å². The van der Waals surface area contributed by atoms with E-state index >= 15 is 0 Å². The van der Waals surface area contributed by atoms with E-state index in [2.05, 4.69) is 22.4 Å². The van der Waals surface area contributed by atoms with Crippen LogP contribution in [0.3, 0.4) is 0 Å². The van der Waals surface area contributed by atoms with Gasteiger partial charge in [0.2, 0.25) is 22.9 Å². The minimum absolute atomic E-state index is 0.0139. The molecule has 0 aliphatic carbocycles. The minimum atomic E-state index is -0.324. The second-order valence-electron chi connectivity index (χ2n) is 8.79. The van der Waals surface area contributed by atoms with E-state index in [0.717, 1.165) is 36.4 Å².